The summed E-state index contributed by atoms with van der Waals surface area (Å²) in [5.74, 6) is -1.63. The second kappa shape index (κ2) is 6.63. The molecule has 2 rings (SSSR count). The van der Waals surface area contributed by atoms with E-state index in [1.807, 2.05) is 12.2 Å². The van der Waals surface area contributed by atoms with Gasteiger partial charge in [0.05, 0.1) is 0 Å². The monoisotopic (exact) mass is 293 g/mol. The molecule has 0 aromatic heterocycles. The number of rotatable bonds is 4. The average Bonchev–Trinajstić information content (AvgIpc) is 2.85. The van der Waals surface area contributed by atoms with Crippen molar-refractivity contribution < 1.29 is 18.7 Å². The molecule has 0 unspecified atom stereocenters. The molecule has 1 aromatic rings. The first-order chi connectivity index (χ1) is 9.99. The Hall–Kier alpha value is -2.01. The highest BCUT2D eigenvalue weighted by Crippen LogP contribution is 2.19. The van der Waals surface area contributed by atoms with Crippen molar-refractivity contribution in [1.29, 1.82) is 0 Å². The quantitative estimate of drug-likeness (QED) is 0.661. The summed E-state index contributed by atoms with van der Waals surface area (Å²) in [7, 11) is 0. The number of benzene rings is 1. The molecule has 3 nitrogen and oxygen atoms in total. The second-order valence-corrected chi connectivity index (χ2v) is 5.13. The fourth-order valence-electron chi connectivity index (χ4n) is 2.33. The SMILES string of the molecule is CC(=CC(=O)N[C@@H]1C=C[C@H](CO)C1)c1ccc(F)cc1F. The van der Waals surface area contributed by atoms with Crippen molar-refractivity contribution in [2.75, 3.05) is 6.61 Å². The zero-order valence-electron chi connectivity index (χ0n) is 11.6. The van der Waals surface area contributed by atoms with Crippen molar-refractivity contribution in [3.8, 4) is 0 Å². The summed E-state index contributed by atoms with van der Waals surface area (Å²) < 4.78 is 26.4. The van der Waals surface area contributed by atoms with Crippen LogP contribution in [0.5, 0.6) is 0 Å². The van der Waals surface area contributed by atoms with Crippen LogP contribution in [0.4, 0.5) is 8.78 Å². The Bertz CT molecular complexity index is 596. The summed E-state index contributed by atoms with van der Waals surface area (Å²) in [6.45, 7) is 1.65. The van der Waals surface area contributed by atoms with Crippen LogP contribution >= 0.6 is 0 Å². The van der Waals surface area contributed by atoms with E-state index in [0.717, 1.165) is 12.1 Å². The zero-order chi connectivity index (χ0) is 15.4. The van der Waals surface area contributed by atoms with Crippen molar-refractivity contribution in [1.82, 2.24) is 5.32 Å². The molecular weight excluding hydrogens is 276 g/mol. The molecule has 1 aromatic carbocycles. The molecule has 1 aliphatic carbocycles. The molecule has 0 heterocycles. The summed E-state index contributed by atoms with van der Waals surface area (Å²) in [6, 6.07) is 3.12. The molecule has 0 saturated carbocycles. The van der Waals surface area contributed by atoms with Crippen molar-refractivity contribution >= 4 is 11.5 Å². The smallest absolute Gasteiger partial charge is 0.244 e. The molecule has 2 N–H and O–H groups in total. The summed E-state index contributed by atoms with van der Waals surface area (Å²) in [5.41, 5.74) is 0.618. The van der Waals surface area contributed by atoms with Gasteiger partial charge in [0.1, 0.15) is 11.6 Å². The van der Waals surface area contributed by atoms with E-state index in [2.05, 4.69) is 5.32 Å². The van der Waals surface area contributed by atoms with Crippen LogP contribution in [0.25, 0.3) is 5.57 Å². The van der Waals surface area contributed by atoms with E-state index in [1.54, 1.807) is 6.92 Å². The lowest BCUT2D eigenvalue weighted by Gasteiger charge is -2.11. The molecule has 0 fully saturated rings. The Labute approximate surface area is 122 Å². The Kier molecular flexibility index (Phi) is 4.85. The molecule has 1 amide bonds. The number of allylic oxidation sites excluding steroid dienone is 1. The molecular formula is C16H17F2NO2. The molecule has 0 bridgehead atoms. The predicted octanol–water partition coefficient (Wildman–Crippen LogP) is 2.42. The molecule has 1 aliphatic rings. The number of hydrogen-bond donors (Lipinski definition) is 2. The van der Waals surface area contributed by atoms with Gasteiger partial charge in [0.25, 0.3) is 0 Å². The fourth-order valence-corrected chi connectivity index (χ4v) is 2.33. The lowest BCUT2D eigenvalue weighted by molar-refractivity contribution is -0.116. The lowest BCUT2D eigenvalue weighted by Crippen LogP contribution is -2.31. The van der Waals surface area contributed by atoms with Gasteiger partial charge in [-0.25, -0.2) is 8.78 Å². The van der Waals surface area contributed by atoms with Gasteiger partial charge in [-0.1, -0.05) is 12.2 Å². The van der Waals surface area contributed by atoms with Crippen LogP contribution in [-0.4, -0.2) is 23.7 Å². The number of nitrogens with one attached hydrogen (secondary N) is 1. The highest BCUT2D eigenvalue weighted by atomic mass is 19.1. The topological polar surface area (TPSA) is 49.3 Å². The van der Waals surface area contributed by atoms with E-state index in [-0.39, 0.29) is 30.0 Å². The minimum absolute atomic E-state index is 0.0541. The molecule has 112 valence electrons. The number of aliphatic hydroxyl groups excluding tert-OH is 1. The zero-order valence-corrected chi connectivity index (χ0v) is 11.6. The van der Waals surface area contributed by atoms with Gasteiger partial charge in [-0.15, -0.1) is 0 Å². The summed E-state index contributed by atoms with van der Waals surface area (Å²) in [5, 5.41) is 11.8. The van der Waals surface area contributed by atoms with Crippen molar-refractivity contribution in [2.45, 2.75) is 19.4 Å². The van der Waals surface area contributed by atoms with Crippen molar-refractivity contribution in [2.24, 2.45) is 5.92 Å². The first-order valence-corrected chi connectivity index (χ1v) is 6.73. The second-order valence-electron chi connectivity index (χ2n) is 5.13. The van der Waals surface area contributed by atoms with Crippen molar-refractivity contribution in [3.05, 3.63) is 53.6 Å². The van der Waals surface area contributed by atoms with Gasteiger partial charge >= 0.3 is 0 Å². The minimum atomic E-state index is -0.697. The Balaban J connectivity index is 2.02. The van der Waals surface area contributed by atoms with E-state index in [9.17, 15) is 13.6 Å². The predicted molar refractivity (Wildman–Crippen MR) is 76.3 cm³/mol. The minimum Gasteiger partial charge on any atom is -0.396 e. The molecule has 5 heteroatoms. The van der Waals surface area contributed by atoms with E-state index >= 15 is 0 Å². The number of hydrogen-bond acceptors (Lipinski definition) is 2. The number of aliphatic hydroxyl groups is 1. The van der Waals surface area contributed by atoms with E-state index in [4.69, 9.17) is 5.11 Å². The maximum absolute atomic E-state index is 13.6. The van der Waals surface area contributed by atoms with Gasteiger partial charge in [-0.2, -0.15) is 0 Å². The van der Waals surface area contributed by atoms with Gasteiger partial charge in [0.15, 0.2) is 0 Å². The Morgan fingerprint density at radius 3 is 2.81 bits per heavy atom. The average molecular weight is 293 g/mol. The first kappa shape index (κ1) is 15.4. The fraction of sp³-hybridized carbons (Fsp3) is 0.312. The summed E-state index contributed by atoms with van der Waals surface area (Å²) in [4.78, 5) is 11.9. The van der Waals surface area contributed by atoms with E-state index < -0.39 is 11.6 Å². The van der Waals surface area contributed by atoms with Gasteiger partial charge in [-0.3, -0.25) is 4.79 Å². The third-order valence-electron chi connectivity index (χ3n) is 3.44. The molecule has 0 radical (unpaired) electrons. The van der Waals surface area contributed by atoms with Crippen molar-refractivity contribution in [3.63, 3.8) is 0 Å². The highest BCUT2D eigenvalue weighted by Gasteiger charge is 2.19. The standard InChI is InChI=1S/C16H17F2NO2/c1-10(14-5-3-12(17)8-15(14)18)6-16(21)19-13-4-2-11(7-13)9-20/h2-6,8,11,13,20H,7,9H2,1H3,(H,19,21)/t11-,13+/m0/s1. The molecule has 0 spiro atoms. The van der Waals surface area contributed by atoms with Gasteiger partial charge < -0.3 is 10.4 Å². The molecule has 21 heavy (non-hydrogen) atoms. The van der Waals surface area contributed by atoms with E-state index in [0.29, 0.717) is 12.0 Å². The van der Waals surface area contributed by atoms with Crippen LogP contribution in [0.2, 0.25) is 0 Å². The largest absolute Gasteiger partial charge is 0.396 e. The lowest BCUT2D eigenvalue weighted by atomic mass is 10.1. The third kappa shape index (κ3) is 3.98. The number of carbonyl (C=O) groups excluding carboxylic acids is 1. The normalized spacial score (nSPS) is 21.6. The van der Waals surface area contributed by atoms with Gasteiger partial charge in [-0.05, 0) is 31.1 Å². The first-order valence-electron chi connectivity index (χ1n) is 6.73. The van der Waals surface area contributed by atoms with Crippen LogP contribution in [0.3, 0.4) is 0 Å². The highest BCUT2D eigenvalue weighted by molar-refractivity contribution is 5.95. The summed E-state index contributed by atoms with van der Waals surface area (Å²) >= 11 is 0. The molecule has 0 saturated heterocycles. The maximum Gasteiger partial charge on any atom is 0.244 e. The van der Waals surface area contributed by atoms with Crippen LogP contribution in [0.15, 0.2) is 36.4 Å². The van der Waals surface area contributed by atoms with Crippen LogP contribution in [0.1, 0.15) is 18.9 Å². The van der Waals surface area contributed by atoms with Gasteiger partial charge in [0, 0.05) is 36.3 Å². The summed E-state index contributed by atoms with van der Waals surface area (Å²) in [6.07, 6.45) is 5.64. The maximum atomic E-state index is 13.6. The van der Waals surface area contributed by atoms with Crippen LogP contribution in [-0.2, 0) is 4.79 Å². The van der Waals surface area contributed by atoms with Crippen LogP contribution in [0, 0.1) is 17.6 Å². The Morgan fingerprint density at radius 1 is 1.43 bits per heavy atom. The van der Waals surface area contributed by atoms with Gasteiger partial charge in [0.2, 0.25) is 5.91 Å². The van der Waals surface area contributed by atoms with Crippen LogP contribution < -0.4 is 5.32 Å². The number of carbonyl (C=O) groups is 1. The molecule has 0 aliphatic heterocycles. The third-order valence-corrected chi connectivity index (χ3v) is 3.44. The Morgan fingerprint density at radius 2 is 2.19 bits per heavy atom. The number of amides is 1. The number of halogens is 2. The molecule has 2 atom stereocenters. The van der Waals surface area contributed by atoms with E-state index in [1.165, 1.54) is 12.1 Å².